The van der Waals surface area contributed by atoms with E-state index in [1.54, 1.807) is 0 Å². The van der Waals surface area contributed by atoms with Crippen molar-refractivity contribution in [3.63, 3.8) is 0 Å². The number of hydrogen-bond acceptors (Lipinski definition) is 2. The third-order valence-electron chi connectivity index (χ3n) is 3.42. The monoisotopic (exact) mass is 474 g/mol. The molecule has 2 aromatic carbocycles. The van der Waals surface area contributed by atoms with E-state index in [0.29, 0.717) is 13.2 Å². The van der Waals surface area contributed by atoms with Crippen LogP contribution in [0.5, 0.6) is 11.5 Å². The van der Waals surface area contributed by atoms with Crippen molar-refractivity contribution in [1.29, 1.82) is 0 Å². The van der Waals surface area contributed by atoms with Crippen LogP contribution < -0.4 is 9.47 Å². The van der Waals surface area contributed by atoms with Crippen LogP contribution >= 0.6 is 47.8 Å². The lowest BCUT2D eigenvalue weighted by Gasteiger charge is -2.21. The Balaban J connectivity index is 2.00. The molecule has 0 N–H and O–H groups in total. The van der Waals surface area contributed by atoms with E-state index in [0.717, 1.165) is 26.0 Å². The first-order valence-corrected chi connectivity index (χ1v) is 9.05. The van der Waals surface area contributed by atoms with Gasteiger partial charge in [-0.2, -0.15) is 0 Å². The Bertz CT molecular complexity index is 685. The second-order valence-electron chi connectivity index (χ2n) is 4.89. The summed E-state index contributed by atoms with van der Waals surface area (Å²) in [7, 11) is 0. The number of alkyl halides is 1. The summed E-state index contributed by atoms with van der Waals surface area (Å²) in [6, 6.07) is 10.4. The summed E-state index contributed by atoms with van der Waals surface area (Å²) >= 11 is 11.0. The summed E-state index contributed by atoms with van der Waals surface area (Å²) in [5.41, 5.74) is 3.53. The van der Waals surface area contributed by atoms with Gasteiger partial charge >= 0.3 is 0 Å². The molecule has 0 aromatic heterocycles. The first-order chi connectivity index (χ1) is 10.1. The minimum absolute atomic E-state index is 0.0830. The van der Waals surface area contributed by atoms with Gasteiger partial charge in [0.25, 0.3) is 0 Å². The fraction of sp³-hybridized carbons (Fsp3) is 0.250. The Morgan fingerprint density at radius 3 is 2.29 bits per heavy atom. The van der Waals surface area contributed by atoms with Gasteiger partial charge in [-0.05, 0) is 41.8 Å². The largest absolute Gasteiger partial charge is 0.486 e. The Morgan fingerprint density at radius 2 is 1.62 bits per heavy atom. The molecule has 110 valence electrons. The zero-order chi connectivity index (χ0) is 15.0. The highest BCUT2D eigenvalue weighted by molar-refractivity contribution is 9.11. The highest BCUT2D eigenvalue weighted by atomic mass is 79.9. The van der Waals surface area contributed by atoms with Crippen LogP contribution in [0.4, 0.5) is 0 Å². The van der Waals surface area contributed by atoms with Gasteiger partial charge in [-0.15, -0.1) is 0 Å². The van der Waals surface area contributed by atoms with Crippen molar-refractivity contribution in [3.05, 3.63) is 56.0 Å². The number of ether oxygens (including phenoxy) is 2. The van der Waals surface area contributed by atoms with Crippen molar-refractivity contribution in [1.82, 2.24) is 0 Å². The first kappa shape index (κ1) is 15.4. The van der Waals surface area contributed by atoms with Crippen molar-refractivity contribution in [2.75, 3.05) is 13.2 Å². The van der Waals surface area contributed by atoms with Gasteiger partial charge in [0.2, 0.25) is 0 Å². The van der Waals surface area contributed by atoms with Gasteiger partial charge in [0.1, 0.15) is 13.2 Å². The van der Waals surface area contributed by atoms with Crippen LogP contribution in [-0.4, -0.2) is 13.2 Å². The van der Waals surface area contributed by atoms with Crippen LogP contribution in [0.25, 0.3) is 0 Å². The molecule has 0 fully saturated rings. The zero-order valence-electron chi connectivity index (χ0n) is 11.3. The predicted octanol–water partition coefficient (Wildman–Crippen LogP) is 5.78. The minimum Gasteiger partial charge on any atom is -0.486 e. The number of fused-ring (bicyclic) bond motifs is 1. The average molecular weight is 477 g/mol. The van der Waals surface area contributed by atoms with Crippen molar-refractivity contribution < 1.29 is 9.47 Å². The molecule has 1 unspecified atom stereocenters. The van der Waals surface area contributed by atoms with Gasteiger partial charge in [-0.3, -0.25) is 0 Å². The van der Waals surface area contributed by atoms with Gasteiger partial charge < -0.3 is 9.47 Å². The third kappa shape index (κ3) is 3.15. The molecule has 0 saturated heterocycles. The standard InChI is InChI=1S/C16H13Br3O2/c1-9-2-3-10(6-12(9)17)16(19)11-7-14-15(8-13(11)18)21-5-4-20-14/h2-3,6-8,16H,4-5H2,1H3. The molecule has 5 heteroatoms. The highest BCUT2D eigenvalue weighted by Crippen LogP contribution is 2.43. The summed E-state index contributed by atoms with van der Waals surface area (Å²) < 4.78 is 13.4. The Kier molecular flexibility index (Phi) is 4.62. The lowest BCUT2D eigenvalue weighted by atomic mass is 10.0. The lowest BCUT2D eigenvalue weighted by molar-refractivity contribution is 0.171. The van der Waals surface area contributed by atoms with Crippen LogP contribution in [0.15, 0.2) is 39.3 Å². The third-order valence-corrected chi connectivity index (χ3v) is 5.99. The predicted molar refractivity (Wildman–Crippen MR) is 94.8 cm³/mol. The highest BCUT2D eigenvalue weighted by Gasteiger charge is 2.20. The summed E-state index contributed by atoms with van der Waals surface area (Å²) in [5.74, 6) is 1.59. The van der Waals surface area contributed by atoms with Gasteiger partial charge in [-0.1, -0.05) is 59.9 Å². The van der Waals surface area contributed by atoms with Crippen LogP contribution in [0, 0.1) is 6.92 Å². The summed E-state index contributed by atoms with van der Waals surface area (Å²) in [6.07, 6.45) is 0. The number of hydrogen-bond donors (Lipinski definition) is 0. The molecular weight excluding hydrogens is 464 g/mol. The Morgan fingerprint density at radius 1 is 0.952 bits per heavy atom. The normalized spacial score (nSPS) is 14.9. The van der Waals surface area contributed by atoms with Crippen LogP contribution in [0.3, 0.4) is 0 Å². The number of halogens is 3. The molecule has 0 aliphatic carbocycles. The molecule has 2 aromatic rings. The van der Waals surface area contributed by atoms with Gasteiger partial charge in [0.15, 0.2) is 11.5 Å². The second-order valence-corrected chi connectivity index (χ2v) is 7.51. The fourth-order valence-electron chi connectivity index (χ4n) is 2.22. The van der Waals surface area contributed by atoms with E-state index in [-0.39, 0.29) is 4.83 Å². The Labute approximate surface area is 149 Å². The van der Waals surface area contributed by atoms with Crippen molar-refractivity contribution in [3.8, 4) is 11.5 Å². The smallest absolute Gasteiger partial charge is 0.162 e. The molecule has 0 radical (unpaired) electrons. The van der Waals surface area contributed by atoms with E-state index in [1.165, 1.54) is 11.1 Å². The SMILES string of the molecule is Cc1ccc(C(Br)c2cc3c(cc2Br)OCCO3)cc1Br. The number of rotatable bonds is 2. The van der Waals surface area contributed by atoms with E-state index in [9.17, 15) is 0 Å². The molecule has 0 amide bonds. The molecule has 2 nitrogen and oxygen atoms in total. The molecule has 1 heterocycles. The quantitative estimate of drug-likeness (QED) is 0.512. The van der Waals surface area contributed by atoms with Crippen LogP contribution in [0.2, 0.25) is 0 Å². The van der Waals surface area contributed by atoms with Gasteiger partial charge in [0, 0.05) is 8.95 Å². The van der Waals surface area contributed by atoms with E-state index in [1.807, 2.05) is 12.1 Å². The maximum Gasteiger partial charge on any atom is 0.162 e. The van der Waals surface area contributed by atoms with Crippen molar-refractivity contribution >= 4 is 47.8 Å². The molecule has 1 aliphatic heterocycles. The molecule has 3 rings (SSSR count). The molecule has 0 spiro atoms. The number of benzene rings is 2. The first-order valence-electron chi connectivity index (χ1n) is 6.55. The van der Waals surface area contributed by atoms with Crippen LogP contribution in [-0.2, 0) is 0 Å². The topological polar surface area (TPSA) is 18.5 Å². The second kappa shape index (κ2) is 6.31. The average Bonchev–Trinajstić information content (AvgIpc) is 2.48. The lowest BCUT2D eigenvalue weighted by Crippen LogP contribution is -2.15. The minimum atomic E-state index is 0.0830. The summed E-state index contributed by atoms with van der Waals surface area (Å²) in [4.78, 5) is 0.0830. The van der Waals surface area contributed by atoms with Crippen LogP contribution in [0.1, 0.15) is 21.5 Å². The summed E-state index contributed by atoms with van der Waals surface area (Å²) in [6.45, 7) is 3.27. The maximum atomic E-state index is 5.67. The fourth-order valence-corrected chi connectivity index (χ4v) is 4.14. The van der Waals surface area contributed by atoms with Gasteiger partial charge in [-0.25, -0.2) is 0 Å². The molecule has 1 aliphatic rings. The van der Waals surface area contributed by atoms with E-state index in [4.69, 9.17) is 9.47 Å². The van der Waals surface area contributed by atoms with E-state index < -0.39 is 0 Å². The van der Waals surface area contributed by atoms with Crippen molar-refractivity contribution in [2.45, 2.75) is 11.8 Å². The maximum absolute atomic E-state index is 5.67. The molecule has 0 saturated carbocycles. The molecule has 21 heavy (non-hydrogen) atoms. The van der Waals surface area contributed by atoms with Gasteiger partial charge in [0.05, 0.1) is 4.83 Å². The Hall–Kier alpha value is -0.520. The van der Waals surface area contributed by atoms with E-state index >= 15 is 0 Å². The molecule has 1 atom stereocenters. The molecular formula is C16H13Br3O2. The summed E-state index contributed by atoms with van der Waals surface area (Å²) in [5, 5.41) is 0. The van der Waals surface area contributed by atoms with E-state index in [2.05, 4.69) is 72.9 Å². The van der Waals surface area contributed by atoms with Crippen molar-refractivity contribution in [2.24, 2.45) is 0 Å². The zero-order valence-corrected chi connectivity index (χ0v) is 16.1. The molecule has 0 bridgehead atoms. The number of aryl methyl sites for hydroxylation is 1.